The van der Waals surface area contributed by atoms with E-state index in [9.17, 15) is 17.6 Å². The Bertz CT molecular complexity index is 557. The number of benzene rings is 1. The zero-order valence-corrected chi connectivity index (χ0v) is 11.6. The van der Waals surface area contributed by atoms with Crippen molar-refractivity contribution in [2.75, 3.05) is 13.2 Å². The van der Waals surface area contributed by atoms with E-state index in [1.165, 1.54) is 12.1 Å². The molecule has 0 aromatic heterocycles. The lowest BCUT2D eigenvalue weighted by atomic mass is 10.2. The molecule has 106 valence electrons. The lowest BCUT2D eigenvalue weighted by Gasteiger charge is -2.09. The highest BCUT2D eigenvalue weighted by molar-refractivity contribution is 7.89. The first kappa shape index (κ1) is 15.6. The Kier molecular flexibility index (Phi) is 5.44. The fourth-order valence-electron chi connectivity index (χ4n) is 1.46. The maximum absolute atomic E-state index is 13.1. The Hall–Kier alpha value is -1.47. The van der Waals surface area contributed by atoms with E-state index in [2.05, 4.69) is 9.46 Å². The minimum absolute atomic E-state index is 0.0680. The van der Waals surface area contributed by atoms with E-state index >= 15 is 0 Å². The van der Waals surface area contributed by atoms with Crippen LogP contribution in [-0.2, 0) is 19.6 Å². The van der Waals surface area contributed by atoms with E-state index in [0.29, 0.717) is 5.56 Å². The lowest BCUT2D eigenvalue weighted by molar-refractivity contribution is -0.142. The fourth-order valence-corrected chi connectivity index (χ4v) is 2.75. The number of hydrogen-bond acceptors (Lipinski definition) is 4. The average molecular weight is 289 g/mol. The molecule has 1 aromatic rings. The van der Waals surface area contributed by atoms with Gasteiger partial charge in [-0.25, -0.2) is 17.5 Å². The van der Waals surface area contributed by atoms with Crippen molar-refractivity contribution in [3.05, 3.63) is 29.6 Å². The molecule has 0 aliphatic heterocycles. The number of ether oxygens (including phenoxy) is 1. The zero-order valence-electron chi connectivity index (χ0n) is 10.8. The molecule has 0 fully saturated rings. The van der Waals surface area contributed by atoms with Crippen molar-refractivity contribution < 1.29 is 22.3 Å². The number of nitrogens with one attached hydrogen (secondary N) is 1. The first-order chi connectivity index (χ1) is 8.86. The van der Waals surface area contributed by atoms with Gasteiger partial charge in [0, 0.05) is 6.54 Å². The summed E-state index contributed by atoms with van der Waals surface area (Å²) < 4.78 is 43.8. The molecule has 1 rings (SSSR count). The van der Waals surface area contributed by atoms with Crippen molar-refractivity contribution in [2.45, 2.75) is 25.2 Å². The van der Waals surface area contributed by atoms with Crippen molar-refractivity contribution in [1.82, 2.24) is 4.72 Å². The molecule has 5 nitrogen and oxygen atoms in total. The number of carbonyl (C=O) groups is 1. The first-order valence-electron chi connectivity index (χ1n) is 5.78. The summed E-state index contributed by atoms with van der Waals surface area (Å²) in [5, 5.41) is 0. The second-order valence-electron chi connectivity index (χ2n) is 3.86. The van der Waals surface area contributed by atoms with Crippen LogP contribution in [0, 0.1) is 12.7 Å². The zero-order chi connectivity index (χ0) is 14.5. The number of halogens is 1. The molecule has 0 saturated carbocycles. The first-order valence-corrected chi connectivity index (χ1v) is 7.26. The molecular weight excluding hydrogens is 273 g/mol. The third-order valence-electron chi connectivity index (χ3n) is 2.37. The average Bonchev–Trinajstić information content (AvgIpc) is 2.32. The third-order valence-corrected chi connectivity index (χ3v) is 3.97. The van der Waals surface area contributed by atoms with E-state index in [0.717, 1.165) is 6.07 Å². The largest absolute Gasteiger partial charge is 0.466 e. The lowest BCUT2D eigenvalue weighted by Crippen LogP contribution is -2.27. The van der Waals surface area contributed by atoms with Gasteiger partial charge in [0.25, 0.3) is 0 Å². The van der Waals surface area contributed by atoms with Crippen LogP contribution < -0.4 is 4.72 Å². The van der Waals surface area contributed by atoms with E-state index in [1.807, 2.05) is 0 Å². The van der Waals surface area contributed by atoms with Gasteiger partial charge in [0.05, 0.1) is 17.9 Å². The minimum Gasteiger partial charge on any atom is -0.466 e. The van der Waals surface area contributed by atoms with Crippen LogP contribution in [0.2, 0.25) is 0 Å². The highest BCUT2D eigenvalue weighted by atomic mass is 32.2. The maximum Gasteiger partial charge on any atom is 0.307 e. The van der Waals surface area contributed by atoms with Crippen molar-refractivity contribution >= 4 is 16.0 Å². The van der Waals surface area contributed by atoms with Crippen molar-refractivity contribution in [3.8, 4) is 0 Å². The van der Waals surface area contributed by atoms with Gasteiger partial charge in [-0.1, -0.05) is 6.07 Å². The van der Waals surface area contributed by atoms with Crippen LogP contribution in [0.25, 0.3) is 0 Å². The Morgan fingerprint density at radius 3 is 2.74 bits per heavy atom. The maximum atomic E-state index is 13.1. The molecule has 1 aromatic carbocycles. The molecule has 0 bridgehead atoms. The van der Waals surface area contributed by atoms with Gasteiger partial charge in [0.15, 0.2) is 0 Å². The van der Waals surface area contributed by atoms with Gasteiger partial charge < -0.3 is 4.74 Å². The van der Waals surface area contributed by atoms with Crippen LogP contribution in [-0.4, -0.2) is 27.5 Å². The van der Waals surface area contributed by atoms with Gasteiger partial charge >= 0.3 is 5.97 Å². The highest BCUT2D eigenvalue weighted by Gasteiger charge is 2.17. The summed E-state index contributed by atoms with van der Waals surface area (Å²) in [5.74, 6) is -1.11. The predicted molar refractivity (Wildman–Crippen MR) is 67.6 cm³/mol. The summed E-state index contributed by atoms with van der Waals surface area (Å²) in [6.07, 6.45) is -0.0680. The van der Waals surface area contributed by atoms with Crippen LogP contribution in [0.4, 0.5) is 4.39 Å². The minimum atomic E-state index is -3.82. The highest BCUT2D eigenvalue weighted by Crippen LogP contribution is 2.15. The number of hydrogen-bond donors (Lipinski definition) is 1. The number of sulfonamides is 1. The number of rotatable bonds is 6. The SMILES string of the molecule is CCOC(=O)CCNS(=O)(=O)c1cc(F)ccc1C. The second kappa shape index (κ2) is 6.63. The summed E-state index contributed by atoms with van der Waals surface area (Å²) in [6, 6.07) is 3.52. The molecule has 0 heterocycles. The van der Waals surface area contributed by atoms with Gasteiger partial charge in [0.2, 0.25) is 10.0 Å². The molecule has 7 heteroatoms. The Labute approximate surface area is 111 Å². The smallest absolute Gasteiger partial charge is 0.307 e. The number of esters is 1. The summed E-state index contributed by atoms with van der Waals surface area (Å²) in [5.41, 5.74) is 0.435. The standard InChI is InChI=1S/C12H16FNO4S/c1-3-18-12(15)6-7-14-19(16,17)11-8-10(13)5-4-9(11)2/h4-5,8,14H,3,6-7H2,1-2H3. The number of aryl methyl sites for hydroxylation is 1. The quantitative estimate of drug-likeness (QED) is 0.803. The molecule has 19 heavy (non-hydrogen) atoms. The molecule has 0 spiro atoms. The third kappa shape index (κ3) is 4.60. The van der Waals surface area contributed by atoms with E-state index in [1.54, 1.807) is 13.8 Å². The van der Waals surface area contributed by atoms with E-state index in [-0.39, 0.29) is 24.5 Å². The van der Waals surface area contributed by atoms with Crippen LogP contribution in [0.3, 0.4) is 0 Å². The van der Waals surface area contributed by atoms with Crippen molar-refractivity contribution in [3.63, 3.8) is 0 Å². The van der Waals surface area contributed by atoms with Gasteiger partial charge in [-0.05, 0) is 31.5 Å². The van der Waals surface area contributed by atoms with Gasteiger partial charge in [-0.15, -0.1) is 0 Å². The Morgan fingerprint density at radius 2 is 2.11 bits per heavy atom. The molecule has 0 saturated heterocycles. The Morgan fingerprint density at radius 1 is 1.42 bits per heavy atom. The summed E-state index contributed by atoms with van der Waals surface area (Å²) >= 11 is 0. The summed E-state index contributed by atoms with van der Waals surface area (Å²) in [4.78, 5) is 10.9. The molecule has 0 unspecified atom stereocenters. The van der Waals surface area contributed by atoms with Crippen LogP contribution in [0.15, 0.2) is 23.1 Å². The Balaban J connectivity index is 2.71. The number of carbonyl (C=O) groups excluding carboxylic acids is 1. The van der Waals surface area contributed by atoms with Crippen LogP contribution in [0.5, 0.6) is 0 Å². The molecule has 1 N–H and O–H groups in total. The summed E-state index contributed by atoms with van der Waals surface area (Å²) in [7, 11) is -3.82. The van der Waals surface area contributed by atoms with Crippen molar-refractivity contribution in [1.29, 1.82) is 0 Å². The van der Waals surface area contributed by atoms with Gasteiger partial charge in [-0.3, -0.25) is 4.79 Å². The molecule has 0 aliphatic carbocycles. The van der Waals surface area contributed by atoms with Gasteiger partial charge in [-0.2, -0.15) is 0 Å². The van der Waals surface area contributed by atoms with Crippen LogP contribution >= 0.6 is 0 Å². The topological polar surface area (TPSA) is 72.5 Å². The van der Waals surface area contributed by atoms with Gasteiger partial charge in [0.1, 0.15) is 5.82 Å². The normalized spacial score (nSPS) is 11.3. The molecule has 0 aliphatic rings. The van der Waals surface area contributed by atoms with Crippen molar-refractivity contribution in [2.24, 2.45) is 0 Å². The monoisotopic (exact) mass is 289 g/mol. The fraction of sp³-hybridized carbons (Fsp3) is 0.417. The second-order valence-corrected chi connectivity index (χ2v) is 5.60. The molecule has 0 amide bonds. The molecule has 0 radical (unpaired) electrons. The molecule has 0 atom stereocenters. The predicted octanol–water partition coefficient (Wildman–Crippen LogP) is 1.37. The molecular formula is C12H16FNO4S. The summed E-state index contributed by atoms with van der Waals surface area (Å²) in [6.45, 7) is 3.39. The van der Waals surface area contributed by atoms with E-state index in [4.69, 9.17) is 0 Å². The van der Waals surface area contributed by atoms with E-state index < -0.39 is 21.8 Å². The van der Waals surface area contributed by atoms with Crippen LogP contribution in [0.1, 0.15) is 18.9 Å².